The summed E-state index contributed by atoms with van der Waals surface area (Å²) in [6.45, 7) is 31.9. The third kappa shape index (κ3) is 12.0. The van der Waals surface area contributed by atoms with Gasteiger partial charge in [0.25, 0.3) is 0 Å². The first kappa shape index (κ1) is 46.9. The van der Waals surface area contributed by atoms with Crippen LogP contribution in [0.3, 0.4) is 0 Å². The number of piperidine rings is 4. The minimum absolute atomic E-state index is 0.385. The molecule has 59 heavy (non-hydrogen) atoms. The van der Waals surface area contributed by atoms with Gasteiger partial charge in [0, 0.05) is 50.4 Å². The molecular weight excluding hydrogens is 756 g/mol. The van der Waals surface area contributed by atoms with Crippen molar-refractivity contribution in [3.8, 4) is 23.0 Å². The molecule has 13 heteroatoms. The van der Waals surface area contributed by atoms with Crippen molar-refractivity contribution in [3.05, 3.63) is 11.9 Å². The number of benzene rings is 1. The highest BCUT2D eigenvalue weighted by molar-refractivity contribution is 5.85. The summed E-state index contributed by atoms with van der Waals surface area (Å²) in [5.74, 6) is -8.70. The zero-order valence-electron chi connectivity index (χ0n) is 38.7. The molecule has 5 rings (SSSR count). The molecule has 0 atom stereocenters. The van der Waals surface area contributed by atoms with Crippen molar-refractivity contribution in [1.29, 1.82) is 0 Å². The van der Waals surface area contributed by atoms with Gasteiger partial charge in [0.1, 0.15) is 0 Å². The maximum Gasteiger partial charge on any atom is 0.314 e. The van der Waals surface area contributed by atoms with E-state index in [2.05, 4.69) is 21.3 Å². The molecule has 0 unspecified atom stereocenters. The van der Waals surface area contributed by atoms with E-state index in [0.717, 1.165) is 6.07 Å². The highest BCUT2D eigenvalue weighted by Gasteiger charge is 2.47. The van der Waals surface area contributed by atoms with E-state index in [4.69, 9.17) is 18.9 Å². The average molecular weight is 829 g/mol. The van der Waals surface area contributed by atoms with Crippen LogP contribution in [0.15, 0.2) is 6.07 Å². The van der Waals surface area contributed by atoms with Gasteiger partial charge in [-0.05, 0) is 162 Å². The molecule has 4 N–H and O–H groups in total. The number of hydrogen-bond acceptors (Lipinski definition) is 12. The second-order valence-corrected chi connectivity index (χ2v) is 23.5. The molecule has 1 aromatic carbocycles. The van der Waals surface area contributed by atoms with Crippen LogP contribution in [-0.2, 0) is 19.2 Å². The predicted octanol–water partition coefficient (Wildman–Crippen LogP) is 7.67. The summed E-state index contributed by atoms with van der Waals surface area (Å²) in [5.41, 5.74) is -3.54. The zero-order valence-corrected chi connectivity index (χ0v) is 38.7. The molecule has 4 aliphatic rings. The van der Waals surface area contributed by atoms with Gasteiger partial charge in [0.05, 0.1) is 23.7 Å². The largest absolute Gasteiger partial charge is 0.422 e. The van der Waals surface area contributed by atoms with Crippen LogP contribution in [-0.4, -0.2) is 68.2 Å². The van der Waals surface area contributed by atoms with E-state index in [1.165, 1.54) is 0 Å². The SMILES string of the molecule is CC1(C)CC(C(=O)Oc2cc(F)c(OC(=O)C3CC(C)(C)NC(C)(C)C3)c(OC(=O)C3CC(C)(C)NC(C)(C)C3)c2OC(=O)C2CC(C)(C)NC(C)(C)C2)CC(C)(C)N1. The molecule has 0 saturated carbocycles. The summed E-state index contributed by atoms with van der Waals surface area (Å²) in [5, 5.41) is 14.2. The van der Waals surface area contributed by atoms with Crippen LogP contribution in [0, 0.1) is 29.5 Å². The van der Waals surface area contributed by atoms with E-state index in [1.807, 2.05) is 111 Å². The van der Waals surface area contributed by atoms with E-state index < -0.39 is 121 Å². The van der Waals surface area contributed by atoms with E-state index in [9.17, 15) is 19.2 Å². The summed E-state index contributed by atoms with van der Waals surface area (Å²) >= 11 is 0. The van der Waals surface area contributed by atoms with Gasteiger partial charge in [0.2, 0.25) is 17.2 Å². The van der Waals surface area contributed by atoms with Crippen molar-refractivity contribution >= 4 is 23.9 Å². The molecule has 0 spiro atoms. The lowest BCUT2D eigenvalue weighted by molar-refractivity contribution is -0.146. The number of halogens is 1. The molecule has 332 valence electrons. The number of carbonyl (C=O) groups is 4. The van der Waals surface area contributed by atoms with Crippen molar-refractivity contribution in [1.82, 2.24) is 21.3 Å². The molecule has 4 heterocycles. The fourth-order valence-corrected chi connectivity index (χ4v) is 11.6. The van der Waals surface area contributed by atoms with Crippen LogP contribution in [0.5, 0.6) is 23.0 Å². The molecule has 0 radical (unpaired) electrons. The van der Waals surface area contributed by atoms with Crippen molar-refractivity contribution in [2.45, 2.75) is 206 Å². The Morgan fingerprint density at radius 2 is 0.627 bits per heavy atom. The van der Waals surface area contributed by atoms with Gasteiger partial charge >= 0.3 is 23.9 Å². The fourth-order valence-electron chi connectivity index (χ4n) is 11.6. The smallest absolute Gasteiger partial charge is 0.314 e. The highest BCUT2D eigenvalue weighted by Crippen LogP contribution is 2.50. The molecule has 4 saturated heterocycles. The summed E-state index contributed by atoms with van der Waals surface area (Å²) in [4.78, 5) is 57.1. The summed E-state index contributed by atoms with van der Waals surface area (Å²) < 4.78 is 41.2. The maximum absolute atomic E-state index is 16.9. The minimum atomic E-state index is -1.11. The Hall–Kier alpha value is -3.13. The van der Waals surface area contributed by atoms with Gasteiger partial charge in [-0.15, -0.1) is 0 Å². The zero-order chi connectivity index (χ0) is 44.5. The average Bonchev–Trinajstić information content (AvgIpc) is 2.98. The Labute approximate surface area is 351 Å². The maximum atomic E-state index is 16.9. The Balaban J connectivity index is 1.65. The quantitative estimate of drug-likeness (QED) is 0.150. The molecule has 0 bridgehead atoms. The Bertz CT molecular complexity index is 1770. The van der Waals surface area contributed by atoms with Crippen LogP contribution in [0.2, 0.25) is 0 Å². The van der Waals surface area contributed by atoms with Crippen LogP contribution in [0.1, 0.15) is 162 Å². The topological polar surface area (TPSA) is 153 Å². The Kier molecular flexibility index (Phi) is 12.4. The Morgan fingerprint density at radius 3 is 0.898 bits per heavy atom. The van der Waals surface area contributed by atoms with Gasteiger partial charge in [-0.25, -0.2) is 4.39 Å². The van der Waals surface area contributed by atoms with Crippen LogP contribution in [0.25, 0.3) is 0 Å². The number of ether oxygens (including phenoxy) is 4. The van der Waals surface area contributed by atoms with Gasteiger partial charge < -0.3 is 40.2 Å². The molecule has 4 fully saturated rings. The molecule has 12 nitrogen and oxygen atoms in total. The third-order valence-corrected chi connectivity index (χ3v) is 12.0. The van der Waals surface area contributed by atoms with Crippen molar-refractivity contribution < 1.29 is 42.5 Å². The number of esters is 4. The first-order valence-electron chi connectivity index (χ1n) is 21.5. The monoisotopic (exact) mass is 829 g/mol. The second kappa shape index (κ2) is 15.6. The molecule has 0 amide bonds. The van der Waals surface area contributed by atoms with Crippen LogP contribution in [0.4, 0.5) is 4.39 Å². The van der Waals surface area contributed by atoms with Crippen molar-refractivity contribution in [2.24, 2.45) is 23.7 Å². The van der Waals surface area contributed by atoms with E-state index in [0.29, 0.717) is 51.4 Å². The first-order chi connectivity index (χ1) is 26.6. The number of hydrogen-bond donors (Lipinski definition) is 4. The lowest BCUT2D eigenvalue weighted by atomic mass is 9.76. The van der Waals surface area contributed by atoms with E-state index in [1.54, 1.807) is 0 Å². The highest BCUT2D eigenvalue weighted by atomic mass is 19.1. The van der Waals surface area contributed by atoms with Crippen LogP contribution >= 0.6 is 0 Å². The first-order valence-corrected chi connectivity index (χ1v) is 21.5. The fraction of sp³-hybridized carbons (Fsp3) is 0.783. The van der Waals surface area contributed by atoms with Gasteiger partial charge in [-0.1, -0.05) is 0 Å². The van der Waals surface area contributed by atoms with E-state index >= 15 is 4.39 Å². The number of carbonyl (C=O) groups excluding carboxylic acids is 4. The molecular formula is C46H73FN4O8. The molecule has 0 aromatic heterocycles. The van der Waals surface area contributed by atoms with Gasteiger partial charge in [0.15, 0.2) is 11.6 Å². The van der Waals surface area contributed by atoms with Gasteiger partial charge in [-0.2, -0.15) is 0 Å². The summed E-state index contributed by atoms with van der Waals surface area (Å²) in [6, 6.07) is 0.890. The van der Waals surface area contributed by atoms with Crippen molar-refractivity contribution in [3.63, 3.8) is 0 Å². The summed E-state index contributed by atoms with van der Waals surface area (Å²) in [6.07, 6.45) is 3.22. The normalized spacial score (nSPS) is 26.0. The molecule has 4 aliphatic heterocycles. The Morgan fingerprint density at radius 1 is 0.407 bits per heavy atom. The van der Waals surface area contributed by atoms with E-state index in [-0.39, 0.29) is 0 Å². The standard InChI is InChI=1S/C46H73FN4O8/c1-39(2)18-26(19-40(3,4)48-39)35(52)56-31-17-30(47)32(57-36(53)27-20-41(5,6)49-42(7,8)21-27)34(59-38(55)29-24-45(13,14)51-46(15,16)25-29)33(31)58-37(54)28-22-43(9,10)50-44(11,12)23-28/h17,26-29,48-51H,18-25H2,1-16H3. The number of rotatable bonds is 8. The number of nitrogens with one attached hydrogen (secondary N) is 4. The molecule has 0 aliphatic carbocycles. The lowest BCUT2D eigenvalue weighted by Crippen LogP contribution is -2.59. The van der Waals surface area contributed by atoms with Crippen molar-refractivity contribution in [2.75, 3.05) is 0 Å². The van der Waals surface area contributed by atoms with Gasteiger partial charge in [-0.3, -0.25) is 19.2 Å². The summed E-state index contributed by atoms with van der Waals surface area (Å²) in [7, 11) is 0. The second-order valence-electron chi connectivity index (χ2n) is 23.5. The minimum Gasteiger partial charge on any atom is -0.422 e. The predicted molar refractivity (Wildman–Crippen MR) is 225 cm³/mol. The van der Waals surface area contributed by atoms with Crippen LogP contribution < -0.4 is 40.2 Å². The third-order valence-electron chi connectivity index (χ3n) is 12.0. The molecule has 1 aromatic rings. The lowest BCUT2D eigenvalue weighted by Gasteiger charge is -2.46.